The van der Waals surface area contributed by atoms with E-state index in [9.17, 15) is 0 Å². The van der Waals surface area contributed by atoms with Crippen LogP contribution < -0.4 is 5.32 Å². The van der Waals surface area contributed by atoms with Gasteiger partial charge in [-0.1, -0.05) is 49.6 Å². The molecule has 2 heteroatoms. The van der Waals surface area contributed by atoms with Gasteiger partial charge in [0.25, 0.3) is 0 Å². The average molecular weight is 266 g/mol. The van der Waals surface area contributed by atoms with Gasteiger partial charge in [-0.3, -0.25) is 0 Å². The van der Waals surface area contributed by atoms with Crippen LogP contribution in [0.15, 0.2) is 18.2 Å². The van der Waals surface area contributed by atoms with E-state index in [1.54, 1.807) is 0 Å². The molecule has 1 aliphatic carbocycles. The summed E-state index contributed by atoms with van der Waals surface area (Å²) in [6.07, 6.45) is 5.34. The second-order valence-electron chi connectivity index (χ2n) is 5.76. The smallest absolute Gasteiger partial charge is 0.0483 e. The molecule has 1 N–H and O–H groups in total. The molecule has 0 spiro atoms. The Balaban J connectivity index is 2.20. The van der Waals surface area contributed by atoms with Crippen LogP contribution in [0.5, 0.6) is 0 Å². The van der Waals surface area contributed by atoms with Crippen molar-refractivity contribution in [2.45, 2.75) is 45.6 Å². The Labute approximate surface area is 116 Å². The third kappa shape index (κ3) is 2.89. The highest BCUT2D eigenvalue weighted by Crippen LogP contribution is 2.39. The second kappa shape index (κ2) is 6.08. The van der Waals surface area contributed by atoms with Crippen molar-refractivity contribution >= 4 is 11.6 Å². The molecule has 1 unspecified atom stereocenters. The molecule has 0 radical (unpaired) electrons. The molecule has 1 aliphatic rings. The Morgan fingerprint density at radius 2 is 1.89 bits per heavy atom. The Morgan fingerprint density at radius 3 is 2.50 bits per heavy atom. The first-order valence-corrected chi connectivity index (χ1v) is 7.43. The van der Waals surface area contributed by atoms with E-state index in [0.717, 1.165) is 16.9 Å². The maximum atomic E-state index is 6.47. The molecule has 1 aromatic carbocycles. The predicted octanol–water partition coefficient (Wildman–Crippen LogP) is 4.74. The topological polar surface area (TPSA) is 12.0 Å². The molecule has 100 valence electrons. The number of rotatable bonds is 3. The lowest BCUT2D eigenvalue weighted by molar-refractivity contribution is 0.238. The standard InChI is InChI=1S/C16H24ClN/c1-11-7-9-13(10-8-11)16(18-3)14-6-4-5-12(2)15(14)17/h4-6,11,13,16,18H,7-10H2,1-3H3. The van der Waals surface area contributed by atoms with Crippen molar-refractivity contribution in [1.82, 2.24) is 5.32 Å². The monoisotopic (exact) mass is 265 g/mol. The van der Waals surface area contributed by atoms with Crippen LogP contribution in [-0.4, -0.2) is 7.05 Å². The van der Waals surface area contributed by atoms with Crippen molar-refractivity contribution in [3.8, 4) is 0 Å². The van der Waals surface area contributed by atoms with Crippen molar-refractivity contribution in [2.75, 3.05) is 7.05 Å². The molecule has 1 fully saturated rings. The highest BCUT2D eigenvalue weighted by Gasteiger charge is 2.27. The summed E-state index contributed by atoms with van der Waals surface area (Å²) in [5, 5.41) is 4.43. The van der Waals surface area contributed by atoms with Crippen LogP contribution in [0.1, 0.15) is 49.8 Å². The SMILES string of the molecule is CNC(c1cccc(C)c1Cl)C1CCC(C)CC1. The zero-order valence-corrected chi connectivity index (χ0v) is 12.4. The molecule has 0 aromatic heterocycles. The second-order valence-corrected chi connectivity index (χ2v) is 6.14. The van der Waals surface area contributed by atoms with Gasteiger partial charge in [-0.25, -0.2) is 0 Å². The van der Waals surface area contributed by atoms with Crippen LogP contribution in [0.2, 0.25) is 5.02 Å². The first kappa shape index (κ1) is 13.9. The summed E-state index contributed by atoms with van der Waals surface area (Å²) >= 11 is 6.47. The zero-order valence-electron chi connectivity index (χ0n) is 11.7. The molecular weight excluding hydrogens is 242 g/mol. The van der Waals surface area contributed by atoms with Crippen molar-refractivity contribution in [1.29, 1.82) is 0 Å². The Bertz CT molecular complexity index is 394. The lowest BCUT2D eigenvalue weighted by atomic mass is 9.77. The van der Waals surface area contributed by atoms with Crippen LogP contribution in [0.4, 0.5) is 0 Å². The Kier molecular flexibility index (Phi) is 4.69. The predicted molar refractivity (Wildman–Crippen MR) is 79.1 cm³/mol. The molecular formula is C16H24ClN. The van der Waals surface area contributed by atoms with Crippen molar-refractivity contribution in [3.63, 3.8) is 0 Å². The van der Waals surface area contributed by atoms with Gasteiger partial charge in [0.05, 0.1) is 0 Å². The Morgan fingerprint density at radius 1 is 1.22 bits per heavy atom. The number of benzene rings is 1. The lowest BCUT2D eigenvalue weighted by Crippen LogP contribution is -2.28. The number of aryl methyl sites for hydroxylation is 1. The van der Waals surface area contributed by atoms with Gasteiger partial charge in [-0.15, -0.1) is 0 Å². The van der Waals surface area contributed by atoms with E-state index in [-0.39, 0.29) is 0 Å². The van der Waals surface area contributed by atoms with Gasteiger partial charge in [-0.2, -0.15) is 0 Å². The minimum absolute atomic E-state index is 0.407. The quantitative estimate of drug-likeness (QED) is 0.833. The number of hydrogen-bond donors (Lipinski definition) is 1. The molecule has 1 saturated carbocycles. The van der Waals surface area contributed by atoms with Crippen molar-refractivity contribution in [3.05, 3.63) is 34.3 Å². The van der Waals surface area contributed by atoms with E-state index in [2.05, 4.69) is 44.4 Å². The summed E-state index contributed by atoms with van der Waals surface area (Å²) in [6.45, 7) is 4.45. The third-order valence-electron chi connectivity index (χ3n) is 4.40. The van der Waals surface area contributed by atoms with Crippen LogP contribution in [0.25, 0.3) is 0 Å². The van der Waals surface area contributed by atoms with Crippen molar-refractivity contribution in [2.24, 2.45) is 11.8 Å². The maximum Gasteiger partial charge on any atom is 0.0483 e. The van der Waals surface area contributed by atoms with Gasteiger partial charge in [0.2, 0.25) is 0 Å². The highest BCUT2D eigenvalue weighted by molar-refractivity contribution is 6.32. The zero-order chi connectivity index (χ0) is 13.1. The van der Waals surface area contributed by atoms with E-state index in [4.69, 9.17) is 11.6 Å². The fourth-order valence-corrected chi connectivity index (χ4v) is 3.42. The summed E-state index contributed by atoms with van der Waals surface area (Å²) in [6, 6.07) is 6.78. The summed E-state index contributed by atoms with van der Waals surface area (Å²) < 4.78 is 0. The first-order valence-electron chi connectivity index (χ1n) is 7.05. The number of halogens is 1. The summed E-state index contributed by atoms with van der Waals surface area (Å²) in [7, 11) is 2.06. The summed E-state index contributed by atoms with van der Waals surface area (Å²) in [5.41, 5.74) is 2.46. The molecule has 0 amide bonds. The normalized spacial score (nSPS) is 26.0. The maximum absolute atomic E-state index is 6.47. The minimum Gasteiger partial charge on any atom is -0.313 e. The van der Waals surface area contributed by atoms with Crippen molar-refractivity contribution < 1.29 is 0 Å². The highest BCUT2D eigenvalue weighted by atomic mass is 35.5. The fourth-order valence-electron chi connectivity index (χ4n) is 3.17. The molecule has 0 saturated heterocycles. The average Bonchev–Trinajstić information content (AvgIpc) is 2.37. The third-order valence-corrected chi connectivity index (χ3v) is 4.92. The van der Waals surface area contributed by atoms with Gasteiger partial charge in [0, 0.05) is 11.1 Å². The minimum atomic E-state index is 0.407. The van der Waals surface area contributed by atoms with E-state index >= 15 is 0 Å². The molecule has 0 heterocycles. The largest absolute Gasteiger partial charge is 0.313 e. The van der Waals surface area contributed by atoms with E-state index in [1.165, 1.54) is 36.8 Å². The fraction of sp³-hybridized carbons (Fsp3) is 0.625. The molecule has 1 atom stereocenters. The van der Waals surface area contributed by atoms with Gasteiger partial charge < -0.3 is 5.32 Å². The molecule has 1 aromatic rings. The van der Waals surface area contributed by atoms with Crippen LogP contribution in [0.3, 0.4) is 0 Å². The van der Waals surface area contributed by atoms with E-state index < -0.39 is 0 Å². The molecule has 1 nitrogen and oxygen atoms in total. The van der Waals surface area contributed by atoms with Gasteiger partial charge in [-0.05, 0) is 49.8 Å². The van der Waals surface area contributed by atoms with Gasteiger partial charge in [0.1, 0.15) is 0 Å². The summed E-state index contributed by atoms with van der Waals surface area (Å²) in [4.78, 5) is 0. The Hall–Kier alpha value is -0.530. The van der Waals surface area contributed by atoms with E-state index in [1.807, 2.05) is 0 Å². The molecule has 0 bridgehead atoms. The van der Waals surface area contributed by atoms with Gasteiger partial charge >= 0.3 is 0 Å². The van der Waals surface area contributed by atoms with Crippen LogP contribution in [0, 0.1) is 18.8 Å². The number of nitrogens with one attached hydrogen (secondary N) is 1. The number of hydrogen-bond acceptors (Lipinski definition) is 1. The molecule has 2 rings (SSSR count). The lowest BCUT2D eigenvalue weighted by Gasteiger charge is -2.33. The van der Waals surface area contributed by atoms with Gasteiger partial charge in [0.15, 0.2) is 0 Å². The molecule has 0 aliphatic heterocycles. The first-order chi connectivity index (χ1) is 8.63. The van der Waals surface area contributed by atoms with Crippen LogP contribution >= 0.6 is 11.6 Å². The molecule has 18 heavy (non-hydrogen) atoms. The van der Waals surface area contributed by atoms with E-state index in [0.29, 0.717) is 6.04 Å². The van der Waals surface area contributed by atoms with Crippen LogP contribution in [-0.2, 0) is 0 Å². The summed E-state index contributed by atoms with van der Waals surface area (Å²) in [5.74, 6) is 1.62.